The van der Waals surface area contributed by atoms with Crippen LogP contribution in [0, 0.1) is 0 Å². The molecule has 5 rings (SSSR count). The number of aliphatic hydroxyl groups excluding tert-OH is 2. The molecule has 0 unspecified atom stereocenters. The van der Waals surface area contributed by atoms with Crippen LogP contribution in [0.5, 0.6) is 11.8 Å². The lowest BCUT2D eigenvalue weighted by molar-refractivity contribution is -0.140. The highest BCUT2D eigenvalue weighted by molar-refractivity contribution is 6.37. The van der Waals surface area contributed by atoms with E-state index in [1.165, 1.54) is 13.3 Å². The molecule has 0 saturated carbocycles. The van der Waals surface area contributed by atoms with Crippen LogP contribution in [0.4, 0.5) is 5.69 Å². The Morgan fingerprint density at radius 1 is 0.906 bits per heavy atom. The molecule has 1 aliphatic carbocycles. The zero-order valence-electron chi connectivity index (χ0n) is 28.6. The molecule has 2 aromatic heterocycles. The highest BCUT2D eigenvalue weighted by Gasteiger charge is 2.29. The summed E-state index contributed by atoms with van der Waals surface area (Å²) in [4.78, 5) is 43.7. The summed E-state index contributed by atoms with van der Waals surface area (Å²) in [6.07, 6.45) is -0.367. The highest BCUT2D eigenvalue weighted by Crippen LogP contribution is 2.43. The summed E-state index contributed by atoms with van der Waals surface area (Å²) in [6, 6.07) is 16.1. The fourth-order valence-electron chi connectivity index (χ4n) is 6.01. The monoisotopic (exact) mass is 767 g/mol. The quantitative estimate of drug-likeness (QED) is 0.0737. The molecule has 0 bridgehead atoms. The Hall–Kier alpha value is -4.83. The van der Waals surface area contributed by atoms with E-state index in [4.69, 9.17) is 42.9 Å². The van der Waals surface area contributed by atoms with Gasteiger partial charge in [-0.05, 0) is 53.8 Å². The topological polar surface area (TPSA) is 212 Å². The average Bonchev–Trinajstić information content (AvgIpc) is 3.52. The molecule has 7 N–H and O–H groups in total. The minimum Gasteiger partial charge on any atom is -0.481 e. The molecule has 53 heavy (non-hydrogen) atoms. The third kappa shape index (κ3) is 10.4. The van der Waals surface area contributed by atoms with Gasteiger partial charge in [0.05, 0.1) is 60.3 Å². The Kier molecular flexibility index (Phi) is 13.6. The minimum atomic E-state index is -1.09. The molecule has 1 amide bonds. The first-order chi connectivity index (χ1) is 25.4. The van der Waals surface area contributed by atoms with E-state index in [1.54, 1.807) is 30.3 Å². The smallest absolute Gasteiger partial charge is 0.306 e. The van der Waals surface area contributed by atoms with Gasteiger partial charge < -0.3 is 45.9 Å². The number of halogens is 2. The molecule has 0 radical (unpaired) electrons. The van der Waals surface area contributed by atoms with E-state index in [0.29, 0.717) is 41.9 Å². The van der Waals surface area contributed by atoms with Gasteiger partial charge in [-0.15, -0.1) is 0 Å². The normalized spacial score (nSPS) is 14.6. The summed E-state index contributed by atoms with van der Waals surface area (Å²) >= 11 is 13.5. The van der Waals surface area contributed by atoms with Crippen molar-refractivity contribution in [3.8, 4) is 22.9 Å². The second-order valence-corrected chi connectivity index (χ2v) is 13.2. The molecule has 0 aliphatic heterocycles. The van der Waals surface area contributed by atoms with Gasteiger partial charge in [0.15, 0.2) is 0 Å². The van der Waals surface area contributed by atoms with Gasteiger partial charge in [0, 0.05) is 37.3 Å². The first-order valence-electron chi connectivity index (χ1n) is 16.7. The number of nitrogens with zero attached hydrogens (tertiary/aromatic N) is 2. The number of carboxylic acid groups (broad SMARTS) is 2. The van der Waals surface area contributed by atoms with Crippen LogP contribution in [0.2, 0.25) is 10.0 Å². The minimum absolute atomic E-state index is 0.0575. The molecular weight excluding hydrogens is 729 g/mol. The second-order valence-electron chi connectivity index (χ2n) is 12.4. The standard InChI is InChI=1S/C37H39Cl2N5O9/c1-52-36-20(15-40-18-23(45)13-32(47)48)12-30(38)37(44-36)53-31-11-10-26-25(4-2-5-27(26)31)28-6-3-7-29(34(28)39)35(51)43-22-9-8-21(42-17-22)16-41-19-24(46)14-33(49)50/h2-9,12,17,23-24,31,40-41,45-46H,10-11,13-16,18-19H2,1H3,(H,43,51)(H,47,48)(H,49,50)/t23-,24-,31-/m0/s1. The van der Waals surface area contributed by atoms with Gasteiger partial charge in [0.25, 0.3) is 5.91 Å². The Morgan fingerprint density at radius 3 is 2.25 bits per heavy atom. The van der Waals surface area contributed by atoms with Crippen LogP contribution in [-0.2, 0) is 29.1 Å². The molecule has 14 nitrogen and oxygen atoms in total. The van der Waals surface area contributed by atoms with Crippen LogP contribution in [0.1, 0.15) is 58.1 Å². The summed E-state index contributed by atoms with van der Waals surface area (Å²) in [7, 11) is 1.47. The Bertz CT molecular complexity index is 1950. The number of aliphatic hydroxyl groups is 2. The van der Waals surface area contributed by atoms with Crippen LogP contribution in [-0.4, -0.2) is 80.6 Å². The molecular formula is C37H39Cl2N5O9. The number of fused-ring (bicyclic) bond motifs is 1. The number of aromatic nitrogens is 2. The number of aliphatic carboxylic acids is 2. The summed E-state index contributed by atoms with van der Waals surface area (Å²) in [6.45, 7) is 0.689. The van der Waals surface area contributed by atoms with Crippen LogP contribution in [0.25, 0.3) is 11.1 Å². The third-order valence-corrected chi connectivity index (χ3v) is 9.14. The van der Waals surface area contributed by atoms with Crippen molar-refractivity contribution in [2.24, 2.45) is 0 Å². The number of rotatable bonds is 18. The van der Waals surface area contributed by atoms with E-state index < -0.39 is 30.1 Å². The van der Waals surface area contributed by atoms with E-state index in [9.17, 15) is 24.6 Å². The van der Waals surface area contributed by atoms with Gasteiger partial charge >= 0.3 is 11.9 Å². The SMILES string of the molecule is COc1nc(O[C@H]2CCc3c(-c4cccc(C(=O)Nc5ccc(CNC[C@@H](O)CC(=O)O)nc5)c4Cl)cccc32)c(Cl)cc1CNC[C@@H](O)CC(=O)O. The fourth-order valence-corrected chi connectivity index (χ4v) is 6.54. The van der Waals surface area contributed by atoms with Gasteiger partial charge in [0.1, 0.15) is 11.1 Å². The third-order valence-electron chi connectivity index (χ3n) is 8.46. The number of ether oxygens (including phenoxy) is 2. The van der Waals surface area contributed by atoms with E-state index in [2.05, 4.69) is 25.9 Å². The summed E-state index contributed by atoms with van der Waals surface area (Å²) in [5, 5.41) is 46.5. The molecule has 3 atom stereocenters. The van der Waals surface area contributed by atoms with Gasteiger partial charge in [0.2, 0.25) is 11.8 Å². The van der Waals surface area contributed by atoms with Gasteiger partial charge in [-0.2, -0.15) is 4.98 Å². The lowest BCUT2D eigenvalue weighted by Gasteiger charge is -2.18. The number of carbonyl (C=O) groups is 3. The Morgan fingerprint density at radius 2 is 1.58 bits per heavy atom. The molecule has 280 valence electrons. The molecule has 0 fully saturated rings. The maximum Gasteiger partial charge on any atom is 0.306 e. The number of amides is 1. The number of anilines is 1. The number of pyridine rings is 2. The molecule has 2 aromatic carbocycles. The fraction of sp³-hybridized carbons (Fsp3) is 0.324. The van der Waals surface area contributed by atoms with Crippen molar-refractivity contribution >= 4 is 46.7 Å². The molecule has 0 saturated heterocycles. The van der Waals surface area contributed by atoms with Gasteiger partial charge in [-0.3, -0.25) is 19.4 Å². The average molecular weight is 769 g/mol. The second kappa shape index (κ2) is 18.3. The molecule has 0 spiro atoms. The van der Waals surface area contributed by atoms with E-state index in [0.717, 1.165) is 16.7 Å². The Balaban J connectivity index is 1.25. The summed E-state index contributed by atoms with van der Waals surface area (Å²) in [5.41, 5.74) is 5.47. The predicted molar refractivity (Wildman–Crippen MR) is 196 cm³/mol. The summed E-state index contributed by atoms with van der Waals surface area (Å²) in [5.74, 6) is -2.13. The number of benzene rings is 2. The zero-order valence-corrected chi connectivity index (χ0v) is 30.2. The van der Waals surface area contributed by atoms with Crippen molar-refractivity contribution in [1.29, 1.82) is 0 Å². The number of carbonyl (C=O) groups excluding carboxylic acids is 1. The van der Waals surface area contributed by atoms with Crippen molar-refractivity contribution < 1.29 is 44.3 Å². The number of hydrogen-bond acceptors (Lipinski definition) is 11. The van der Waals surface area contributed by atoms with Crippen LogP contribution < -0.4 is 25.4 Å². The maximum absolute atomic E-state index is 13.4. The number of hydrogen-bond donors (Lipinski definition) is 7. The van der Waals surface area contributed by atoms with Crippen molar-refractivity contribution in [3.63, 3.8) is 0 Å². The number of carboxylic acids is 2. The Labute approximate surface area is 315 Å². The largest absolute Gasteiger partial charge is 0.481 e. The van der Waals surface area contributed by atoms with Crippen LogP contribution in [0.15, 0.2) is 60.8 Å². The first-order valence-corrected chi connectivity index (χ1v) is 17.5. The van der Waals surface area contributed by atoms with Crippen molar-refractivity contribution in [1.82, 2.24) is 20.6 Å². The maximum atomic E-state index is 13.4. The lowest BCUT2D eigenvalue weighted by atomic mass is 9.95. The molecule has 16 heteroatoms. The first kappa shape index (κ1) is 39.4. The molecule has 4 aromatic rings. The van der Waals surface area contributed by atoms with E-state index >= 15 is 0 Å². The molecule has 2 heterocycles. The highest BCUT2D eigenvalue weighted by atomic mass is 35.5. The zero-order chi connectivity index (χ0) is 38.1. The van der Waals surface area contributed by atoms with Crippen molar-refractivity contribution in [2.45, 2.75) is 57.1 Å². The van der Waals surface area contributed by atoms with Crippen LogP contribution in [0.3, 0.4) is 0 Å². The number of nitrogens with one attached hydrogen (secondary N) is 3. The van der Waals surface area contributed by atoms with Crippen LogP contribution >= 0.6 is 23.2 Å². The number of methoxy groups -OCH3 is 1. The lowest BCUT2D eigenvalue weighted by Crippen LogP contribution is -2.28. The molecule has 1 aliphatic rings. The van der Waals surface area contributed by atoms with Crippen molar-refractivity contribution in [2.75, 3.05) is 25.5 Å². The predicted octanol–water partition coefficient (Wildman–Crippen LogP) is 4.63. The van der Waals surface area contributed by atoms with E-state index in [1.807, 2.05) is 24.3 Å². The summed E-state index contributed by atoms with van der Waals surface area (Å²) < 4.78 is 11.8. The van der Waals surface area contributed by atoms with Gasteiger partial charge in [-0.25, -0.2) is 0 Å². The van der Waals surface area contributed by atoms with E-state index in [-0.39, 0.29) is 65.9 Å². The van der Waals surface area contributed by atoms with Gasteiger partial charge in [-0.1, -0.05) is 53.5 Å². The van der Waals surface area contributed by atoms with Crippen molar-refractivity contribution in [3.05, 3.63) is 98.8 Å².